The molecule has 0 fully saturated rings. The second-order valence-corrected chi connectivity index (χ2v) is 6.61. The van der Waals surface area contributed by atoms with Gasteiger partial charge in [-0.1, -0.05) is 23.7 Å². The van der Waals surface area contributed by atoms with Gasteiger partial charge in [0, 0.05) is 11.1 Å². The maximum absolute atomic E-state index is 11.9. The minimum Gasteiger partial charge on any atom is -0.497 e. The zero-order chi connectivity index (χ0) is 21.2. The van der Waals surface area contributed by atoms with Crippen LogP contribution in [0, 0.1) is 6.92 Å². The summed E-state index contributed by atoms with van der Waals surface area (Å²) < 4.78 is 10.4. The first-order valence-electron chi connectivity index (χ1n) is 8.48. The predicted octanol–water partition coefficient (Wildman–Crippen LogP) is 2.77. The highest BCUT2D eigenvalue weighted by Crippen LogP contribution is 2.20. The van der Waals surface area contributed by atoms with Gasteiger partial charge in [0.2, 0.25) is 5.91 Å². The first kappa shape index (κ1) is 22.2. The molecular weight excluding hydrogens is 414 g/mol. The van der Waals surface area contributed by atoms with E-state index in [0.717, 1.165) is 16.9 Å². The molecule has 9 heteroatoms. The first-order chi connectivity index (χ1) is 13.9. The van der Waals surface area contributed by atoms with Crippen LogP contribution < -0.4 is 25.6 Å². The van der Waals surface area contributed by atoms with Crippen LogP contribution in [0.4, 0.5) is 0 Å². The summed E-state index contributed by atoms with van der Waals surface area (Å²) in [6, 6.07) is 12.3. The average molecular weight is 434 g/mol. The third-order valence-electron chi connectivity index (χ3n) is 3.59. The molecule has 0 saturated heterocycles. The number of carbonyl (C=O) groups excluding carboxylic acids is 2. The number of nitrogens with one attached hydrogen (secondary N) is 3. The number of ether oxygens (including phenoxy) is 2. The lowest BCUT2D eigenvalue weighted by Crippen LogP contribution is -2.49. The molecule has 3 N–H and O–H groups in total. The van der Waals surface area contributed by atoms with Crippen LogP contribution in [0.3, 0.4) is 0 Å². The number of hydrazine groups is 1. The molecule has 2 aromatic rings. The van der Waals surface area contributed by atoms with E-state index < -0.39 is 11.8 Å². The third-order valence-corrected chi connectivity index (χ3v) is 4.22. The fraction of sp³-hybridized carbons (Fsp3) is 0.150. The van der Waals surface area contributed by atoms with Crippen molar-refractivity contribution in [3.8, 4) is 11.5 Å². The molecule has 0 unspecified atom stereocenters. The highest BCUT2D eigenvalue weighted by molar-refractivity contribution is 7.80. The molecule has 2 aromatic carbocycles. The van der Waals surface area contributed by atoms with E-state index in [0.29, 0.717) is 10.8 Å². The van der Waals surface area contributed by atoms with Gasteiger partial charge in [-0.3, -0.25) is 25.8 Å². The van der Waals surface area contributed by atoms with Gasteiger partial charge >= 0.3 is 0 Å². The van der Waals surface area contributed by atoms with Crippen molar-refractivity contribution >= 4 is 46.8 Å². The molecule has 0 aliphatic heterocycles. The maximum Gasteiger partial charge on any atom is 0.276 e. The Morgan fingerprint density at radius 1 is 1.10 bits per heavy atom. The zero-order valence-electron chi connectivity index (χ0n) is 15.8. The number of aryl methyl sites for hydroxylation is 1. The topological polar surface area (TPSA) is 88.7 Å². The molecule has 2 rings (SSSR count). The third kappa shape index (κ3) is 7.81. The molecule has 152 valence electrons. The Balaban J connectivity index is 1.70. The largest absolute Gasteiger partial charge is 0.497 e. The fourth-order valence-electron chi connectivity index (χ4n) is 2.09. The molecule has 0 spiro atoms. The summed E-state index contributed by atoms with van der Waals surface area (Å²) in [5.74, 6) is 0.327. The SMILES string of the molecule is COc1ccc(/C=C/C(=O)NC(=S)NNC(=O)COc2ccc(Cl)c(C)c2)cc1. The van der Waals surface area contributed by atoms with Crippen LogP contribution in [0.25, 0.3) is 6.08 Å². The lowest BCUT2D eigenvalue weighted by atomic mass is 10.2. The molecule has 0 radical (unpaired) electrons. The number of hydrogen-bond donors (Lipinski definition) is 3. The number of amides is 2. The second-order valence-electron chi connectivity index (χ2n) is 5.80. The van der Waals surface area contributed by atoms with Crippen molar-refractivity contribution in [2.45, 2.75) is 6.92 Å². The van der Waals surface area contributed by atoms with Crippen molar-refractivity contribution in [2.75, 3.05) is 13.7 Å². The van der Waals surface area contributed by atoms with Crippen molar-refractivity contribution in [1.29, 1.82) is 0 Å². The van der Waals surface area contributed by atoms with Crippen molar-refractivity contribution in [3.63, 3.8) is 0 Å². The van der Waals surface area contributed by atoms with Gasteiger partial charge in [-0.15, -0.1) is 0 Å². The van der Waals surface area contributed by atoms with E-state index in [1.165, 1.54) is 6.08 Å². The molecule has 0 aliphatic rings. The summed E-state index contributed by atoms with van der Waals surface area (Å²) in [5, 5.41) is 2.98. The summed E-state index contributed by atoms with van der Waals surface area (Å²) in [6.45, 7) is 1.60. The van der Waals surface area contributed by atoms with E-state index in [1.54, 1.807) is 43.5 Å². The van der Waals surface area contributed by atoms with Gasteiger partial charge in [0.1, 0.15) is 11.5 Å². The number of halogens is 1. The lowest BCUT2D eigenvalue weighted by molar-refractivity contribution is -0.123. The molecule has 0 saturated carbocycles. The zero-order valence-corrected chi connectivity index (χ0v) is 17.4. The van der Waals surface area contributed by atoms with Crippen LogP contribution in [0.2, 0.25) is 5.02 Å². The number of methoxy groups -OCH3 is 1. The van der Waals surface area contributed by atoms with Crippen LogP contribution in [0.15, 0.2) is 48.5 Å². The molecule has 0 aliphatic carbocycles. The molecule has 29 heavy (non-hydrogen) atoms. The Hall–Kier alpha value is -3.10. The second kappa shape index (κ2) is 11.0. The number of carbonyl (C=O) groups is 2. The Morgan fingerprint density at radius 3 is 2.45 bits per heavy atom. The lowest BCUT2D eigenvalue weighted by Gasteiger charge is -2.11. The highest BCUT2D eigenvalue weighted by Gasteiger charge is 2.06. The number of benzene rings is 2. The summed E-state index contributed by atoms with van der Waals surface area (Å²) in [4.78, 5) is 23.7. The Kier molecular flexibility index (Phi) is 8.45. The van der Waals surface area contributed by atoms with Crippen LogP contribution in [0.1, 0.15) is 11.1 Å². The summed E-state index contributed by atoms with van der Waals surface area (Å²) in [6.07, 6.45) is 2.95. The quantitative estimate of drug-likeness (QED) is 0.369. The van der Waals surface area contributed by atoms with E-state index in [4.69, 9.17) is 33.3 Å². The fourth-order valence-corrected chi connectivity index (χ4v) is 2.36. The van der Waals surface area contributed by atoms with Gasteiger partial charge in [0.25, 0.3) is 5.91 Å². The van der Waals surface area contributed by atoms with Gasteiger partial charge in [0.05, 0.1) is 7.11 Å². The molecule has 0 atom stereocenters. The van der Waals surface area contributed by atoms with Gasteiger partial charge in [-0.2, -0.15) is 0 Å². The van der Waals surface area contributed by atoms with Crippen LogP contribution in [-0.4, -0.2) is 30.6 Å². The maximum atomic E-state index is 11.9. The smallest absolute Gasteiger partial charge is 0.276 e. The number of rotatable bonds is 6. The van der Waals surface area contributed by atoms with Crippen LogP contribution >= 0.6 is 23.8 Å². The van der Waals surface area contributed by atoms with E-state index in [9.17, 15) is 9.59 Å². The molecule has 0 aromatic heterocycles. The molecule has 0 bridgehead atoms. The van der Waals surface area contributed by atoms with E-state index >= 15 is 0 Å². The van der Waals surface area contributed by atoms with Gasteiger partial charge in [-0.05, 0) is 66.7 Å². The summed E-state index contributed by atoms with van der Waals surface area (Å²) in [7, 11) is 1.58. The van der Waals surface area contributed by atoms with Crippen molar-refractivity contribution in [1.82, 2.24) is 16.2 Å². The van der Waals surface area contributed by atoms with Gasteiger partial charge in [-0.25, -0.2) is 0 Å². The first-order valence-corrected chi connectivity index (χ1v) is 9.27. The monoisotopic (exact) mass is 433 g/mol. The van der Waals surface area contributed by atoms with E-state index in [-0.39, 0.29) is 11.7 Å². The summed E-state index contributed by atoms with van der Waals surface area (Å²) >= 11 is 10.9. The molecule has 0 heterocycles. The average Bonchev–Trinajstić information content (AvgIpc) is 2.72. The normalized spacial score (nSPS) is 10.3. The van der Waals surface area contributed by atoms with E-state index in [2.05, 4.69) is 16.2 Å². The predicted molar refractivity (Wildman–Crippen MR) is 116 cm³/mol. The Bertz CT molecular complexity index is 916. The molecule has 2 amide bonds. The number of thiocarbonyl (C=S) groups is 1. The minimum atomic E-state index is -0.469. The van der Waals surface area contributed by atoms with Crippen LogP contribution in [-0.2, 0) is 9.59 Å². The highest BCUT2D eigenvalue weighted by atomic mass is 35.5. The summed E-state index contributed by atoms with van der Waals surface area (Å²) in [5.41, 5.74) is 6.43. The Labute approximate surface area is 179 Å². The van der Waals surface area contributed by atoms with Crippen molar-refractivity contribution in [2.24, 2.45) is 0 Å². The minimum absolute atomic E-state index is 0.0509. The van der Waals surface area contributed by atoms with Gasteiger partial charge in [0.15, 0.2) is 11.7 Å². The van der Waals surface area contributed by atoms with E-state index in [1.807, 2.05) is 19.1 Å². The molecule has 7 nitrogen and oxygen atoms in total. The van der Waals surface area contributed by atoms with Crippen molar-refractivity contribution in [3.05, 3.63) is 64.7 Å². The number of hydrogen-bond acceptors (Lipinski definition) is 5. The molecular formula is C20H20ClN3O4S. The van der Waals surface area contributed by atoms with Gasteiger partial charge < -0.3 is 9.47 Å². The van der Waals surface area contributed by atoms with Crippen LogP contribution in [0.5, 0.6) is 11.5 Å². The standard InChI is InChI=1S/C20H20ClN3O4S/c1-13-11-16(8-9-17(13)21)28-12-19(26)23-24-20(29)22-18(25)10-5-14-3-6-15(27-2)7-4-14/h3-11H,12H2,1-2H3,(H,23,26)(H2,22,24,25,29)/b10-5+. The Morgan fingerprint density at radius 2 is 1.79 bits per heavy atom. The van der Waals surface area contributed by atoms with Crippen molar-refractivity contribution < 1.29 is 19.1 Å².